The van der Waals surface area contributed by atoms with Gasteiger partial charge in [0.25, 0.3) is 0 Å². The average Bonchev–Trinajstić information content (AvgIpc) is 2.11. The molecule has 0 amide bonds. The Morgan fingerprint density at radius 2 is 1.85 bits per heavy atom. The monoisotopic (exact) mass is 204 g/mol. The van der Waals surface area contributed by atoms with E-state index in [2.05, 4.69) is 0 Å². The van der Waals surface area contributed by atoms with Gasteiger partial charge in [-0.1, -0.05) is 13.0 Å². The van der Waals surface area contributed by atoms with E-state index in [4.69, 9.17) is 11.6 Å². The van der Waals surface area contributed by atoms with Gasteiger partial charge in [-0.15, -0.1) is 11.6 Å². The largest absolute Gasteiger partial charge is 0.207 e. The SMILES string of the molecule is CCC(CCl)c1c(F)cccc1F. The summed E-state index contributed by atoms with van der Waals surface area (Å²) in [6.07, 6.45) is 0.640. The first-order valence-corrected chi connectivity index (χ1v) is 4.74. The summed E-state index contributed by atoms with van der Waals surface area (Å²) in [6, 6.07) is 3.87. The molecule has 1 unspecified atom stereocenters. The quantitative estimate of drug-likeness (QED) is 0.659. The van der Waals surface area contributed by atoms with Gasteiger partial charge in [0.05, 0.1) is 0 Å². The van der Waals surface area contributed by atoms with Gasteiger partial charge < -0.3 is 0 Å². The van der Waals surface area contributed by atoms with Crippen LogP contribution in [0.3, 0.4) is 0 Å². The number of benzene rings is 1. The Bertz CT molecular complexity index is 262. The standard InChI is InChI=1S/C10H11ClF2/c1-2-7(6-11)10-8(12)4-3-5-9(10)13/h3-5,7H,2,6H2,1H3. The Kier molecular flexibility index (Phi) is 3.67. The van der Waals surface area contributed by atoms with E-state index in [1.54, 1.807) is 0 Å². The minimum atomic E-state index is -0.507. The van der Waals surface area contributed by atoms with E-state index < -0.39 is 11.6 Å². The molecule has 0 bridgehead atoms. The van der Waals surface area contributed by atoms with E-state index >= 15 is 0 Å². The van der Waals surface area contributed by atoms with Gasteiger partial charge in [-0.2, -0.15) is 0 Å². The van der Waals surface area contributed by atoms with Gasteiger partial charge in [0.1, 0.15) is 11.6 Å². The number of hydrogen-bond acceptors (Lipinski definition) is 0. The van der Waals surface area contributed by atoms with Crippen LogP contribution in [0.4, 0.5) is 8.78 Å². The fraction of sp³-hybridized carbons (Fsp3) is 0.400. The molecule has 0 saturated carbocycles. The summed E-state index contributed by atoms with van der Waals surface area (Å²) in [5.41, 5.74) is 0.111. The van der Waals surface area contributed by atoms with Crippen LogP contribution in [0.5, 0.6) is 0 Å². The fourth-order valence-corrected chi connectivity index (χ4v) is 1.66. The van der Waals surface area contributed by atoms with Gasteiger partial charge in [-0.3, -0.25) is 0 Å². The maximum atomic E-state index is 13.2. The van der Waals surface area contributed by atoms with Crippen LogP contribution in [-0.4, -0.2) is 5.88 Å². The van der Waals surface area contributed by atoms with Gasteiger partial charge in [-0.05, 0) is 18.6 Å². The predicted molar refractivity (Wildman–Crippen MR) is 50.1 cm³/mol. The molecule has 0 heterocycles. The molecule has 0 fully saturated rings. The zero-order chi connectivity index (χ0) is 9.84. The summed E-state index contributed by atoms with van der Waals surface area (Å²) in [7, 11) is 0. The first-order valence-electron chi connectivity index (χ1n) is 4.20. The lowest BCUT2D eigenvalue weighted by Gasteiger charge is -2.13. The number of halogens is 3. The number of hydrogen-bond donors (Lipinski definition) is 0. The van der Waals surface area contributed by atoms with Crippen molar-refractivity contribution in [2.24, 2.45) is 0 Å². The lowest BCUT2D eigenvalue weighted by atomic mass is 9.97. The Morgan fingerprint density at radius 3 is 2.23 bits per heavy atom. The van der Waals surface area contributed by atoms with Crippen molar-refractivity contribution < 1.29 is 8.78 Å². The first kappa shape index (κ1) is 10.5. The zero-order valence-corrected chi connectivity index (χ0v) is 8.11. The molecule has 72 valence electrons. The van der Waals surface area contributed by atoms with Crippen molar-refractivity contribution in [1.82, 2.24) is 0 Å². The zero-order valence-electron chi connectivity index (χ0n) is 7.36. The second kappa shape index (κ2) is 4.56. The van der Waals surface area contributed by atoms with Crippen molar-refractivity contribution in [2.45, 2.75) is 19.3 Å². The third kappa shape index (κ3) is 2.19. The highest BCUT2D eigenvalue weighted by Gasteiger charge is 2.17. The molecular weight excluding hydrogens is 194 g/mol. The van der Waals surface area contributed by atoms with Gasteiger partial charge >= 0.3 is 0 Å². The van der Waals surface area contributed by atoms with E-state index in [-0.39, 0.29) is 17.4 Å². The maximum Gasteiger partial charge on any atom is 0.129 e. The van der Waals surface area contributed by atoms with Crippen molar-refractivity contribution in [3.8, 4) is 0 Å². The fourth-order valence-electron chi connectivity index (χ4n) is 1.29. The van der Waals surface area contributed by atoms with E-state index in [1.165, 1.54) is 18.2 Å². The maximum absolute atomic E-state index is 13.2. The van der Waals surface area contributed by atoms with Gasteiger partial charge in [0.2, 0.25) is 0 Å². The summed E-state index contributed by atoms with van der Waals surface area (Å²) >= 11 is 5.61. The number of rotatable bonds is 3. The predicted octanol–water partition coefficient (Wildman–Crippen LogP) is 3.70. The van der Waals surface area contributed by atoms with E-state index in [9.17, 15) is 8.78 Å². The van der Waals surface area contributed by atoms with Crippen molar-refractivity contribution in [1.29, 1.82) is 0 Å². The summed E-state index contributed by atoms with van der Waals surface area (Å²) in [6.45, 7) is 1.86. The molecule has 3 heteroatoms. The van der Waals surface area contributed by atoms with E-state index in [0.29, 0.717) is 6.42 Å². The molecule has 13 heavy (non-hydrogen) atoms. The summed E-state index contributed by atoms with van der Waals surface area (Å²) < 4.78 is 26.4. The van der Waals surface area contributed by atoms with Crippen molar-refractivity contribution in [3.05, 3.63) is 35.4 Å². The van der Waals surface area contributed by atoms with Crippen molar-refractivity contribution in [3.63, 3.8) is 0 Å². The normalized spacial score (nSPS) is 12.9. The summed E-state index contributed by atoms with van der Waals surface area (Å²) in [5.74, 6) is -1.00. The lowest BCUT2D eigenvalue weighted by molar-refractivity contribution is 0.529. The van der Waals surface area contributed by atoms with Crippen molar-refractivity contribution in [2.75, 3.05) is 5.88 Å². The molecule has 0 aliphatic carbocycles. The number of alkyl halides is 1. The minimum absolute atomic E-state index is 0.111. The Morgan fingerprint density at radius 1 is 1.31 bits per heavy atom. The van der Waals surface area contributed by atoms with Gasteiger partial charge in [0, 0.05) is 17.4 Å². The lowest BCUT2D eigenvalue weighted by Crippen LogP contribution is -2.05. The molecule has 0 aliphatic rings. The van der Waals surface area contributed by atoms with Crippen LogP contribution in [0.2, 0.25) is 0 Å². The molecule has 0 saturated heterocycles. The highest BCUT2D eigenvalue weighted by Crippen LogP contribution is 2.26. The molecule has 0 spiro atoms. The molecule has 1 aromatic rings. The molecular formula is C10H11ClF2. The smallest absolute Gasteiger partial charge is 0.129 e. The third-order valence-electron chi connectivity index (χ3n) is 2.09. The van der Waals surface area contributed by atoms with E-state index in [1.807, 2.05) is 6.92 Å². The molecule has 1 atom stereocenters. The molecule has 0 aliphatic heterocycles. The topological polar surface area (TPSA) is 0 Å². The minimum Gasteiger partial charge on any atom is -0.207 e. The van der Waals surface area contributed by atoms with Gasteiger partial charge in [0.15, 0.2) is 0 Å². The van der Waals surface area contributed by atoms with Crippen LogP contribution < -0.4 is 0 Å². The van der Waals surface area contributed by atoms with Gasteiger partial charge in [-0.25, -0.2) is 8.78 Å². The highest BCUT2D eigenvalue weighted by atomic mass is 35.5. The first-order chi connectivity index (χ1) is 6.20. The Labute approximate surface area is 81.5 Å². The van der Waals surface area contributed by atoms with Crippen LogP contribution >= 0.6 is 11.6 Å². The Hall–Kier alpha value is -0.630. The van der Waals surface area contributed by atoms with E-state index in [0.717, 1.165) is 0 Å². The van der Waals surface area contributed by atoms with Crippen LogP contribution in [0.25, 0.3) is 0 Å². The van der Waals surface area contributed by atoms with Crippen LogP contribution in [0.15, 0.2) is 18.2 Å². The average molecular weight is 205 g/mol. The van der Waals surface area contributed by atoms with Crippen LogP contribution in [-0.2, 0) is 0 Å². The highest BCUT2D eigenvalue weighted by molar-refractivity contribution is 6.18. The second-order valence-electron chi connectivity index (χ2n) is 2.89. The molecule has 0 aromatic heterocycles. The third-order valence-corrected chi connectivity index (χ3v) is 2.46. The molecule has 0 nitrogen and oxygen atoms in total. The Balaban J connectivity index is 3.10. The van der Waals surface area contributed by atoms with Crippen LogP contribution in [0.1, 0.15) is 24.8 Å². The molecule has 0 radical (unpaired) electrons. The molecule has 1 aromatic carbocycles. The molecule has 0 N–H and O–H groups in total. The second-order valence-corrected chi connectivity index (χ2v) is 3.20. The summed E-state index contributed by atoms with van der Waals surface area (Å²) in [4.78, 5) is 0. The molecule has 1 rings (SSSR count). The summed E-state index contributed by atoms with van der Waals surface area (Å²) in [5, 5.41) is 0. The van der Waals surface area contributed by atoms with Crippen LogP contribution in [0, 0.1) is 11.6 Å². The van der Waals surface area contributed by atoms with Crippen molar-refractivity contribution >= 4 is 11.6 Å².